The average Bonchev–Trinajstić information content (AvgIpc) is 3.10. The molecule has 1 aromatic heterocycles. The number of rotatable bonds is 3. The lowest BCUT2D eigenvalue weighted by atomic mass is 9.77. The number of carbonyl (C=O) groups excluding carboxylic acids is 3. The van der Waals surface area contributed by atoms with E-state index in [-0.39, 0.29) is 12.0 Å². The summed E-state index contributed by atoms with van der Waals surface area (Å²) < 4.78 is 15.1. The molecule has 28 heavy (non-hydrogen) atoms. The molecule has 2 aliphatic rings. The Morgan fingerprint density at radius 2 is 1.96 bits per heavy atom. The maximum Gasteiger partial charge on any atom is 0.342 e. The molecule has 8 nitrogen and oxygen atoms in total. The van der Waals surface area contributed by atoms with Crippen LogP contribution in [0, 0.1) is 0 Å². The second-order valence-corrected chi connectivity index (χ2v) is 6.82. The molecule has 1 unspecified atom stereocenters. The fourth-order valence-corrected chi connectivity index (χ4v) is 4.19. The molecule has 0 saturated carbocycles. The molecule has 0 aliphatic carbocycles. The summed E-state index contributed by atoms with van der Waals surface area (Å²) in [4.78, 5) is 42.7. The number of fused-ring (bicyclic) bond motifs is 5. The van der Waals surface area contributed by atoms with Crippen LogP contribution < -0.4 is 4.74 Å². The highest BCUT2D eigenvalue weighted by atomic mass is 16.5. The number of methoxy groups -OCH3 is 3. The average molecular weight is 384 g/mol. The van der Waals surface area contributed by atoms with Crippen molar-refractivity contribution in [2.75, 3.05) is 27.9 Å². The van der Waals surface area contributed by atoms with Gasteiger partial charge in [0.2, 0.25) is 0 Å². The standard InChI is InChI=1S/C20H20N2O6/c1-26-11-4-5-15-13(8-11)12-6-7-22-10-14(18(24)27-2)16(23)9-20(22,17(12)21-15)19(25)28-3/h4-5,8,10,21H,6-7,9H2,1-3H3. The first-order valence-electron chi connectivity index (χ1n) is 8.83. The van der Waals surface area contributed by atoms with E-state index in [0.29, 0.717) is 24.4 Å². The minimum atomic E-state index is -1.34. The quantitative estimate of drug-likeness (QED) is 0.631. The van der Waals surface area contributed by atoms with Crippen molar-refractivity contribution in [2.45, 2.75) is 18.4 Å². The topological polar surface area (TPSA) is 97.9 Å². The van der Waals surface area contributed by atoms with E-state index in [0.717, 1.165) is 16.5 Å². The minimum absolute atomic E-state index is 0.0664. The van der Waals surface area contributed by atoms with Crippen molar-refractivity contribution in [3.63, 3.8) is 0 Å². The summed E-state index contributed by atoms with van der Waals surface area (Å²) in [7, 11) is 4.11. The minimum Gasteiger partial charge on any atom is -0.497 e. The van der Waals surface area contributed by atoms with Crippen LogP contribution >= 0.6 is 0 Å². The summed E-state index contributed by atoms with van der Waals surface area (Å²) >= 11 is 0. The Kier molecular flexibility index (Phi) is 4.14. The third kappa shape index (κ3) is 2.33. The molecule has 1 aromatic carbocycles. The molecule has 2 aliphatic heterocycles. The van der Waals surface area contributed by atoms with Gasteiger partial charge in [-0.1, -0.05) is 0 Å². The lowest BCUT2D eigenvalue weighted by Gasteiger charge is -2.46. The number of Topliss-reactive ketones (excluding diaryl/α,β-unsaturated/α-hetero) is 1. The van der Waals surface area contributed by atoms with Gasteiger partial charge in [-0.05, 0) is 30.2 Å². The third-order valence-electron chi connectivity index (χ3n) is 5.55. The molecular formula is C20H20N2O6. The zero-order chi connectivity index (χ0) is 20.1. The molecule has 3 heterocycles. The van der Waals surface area contributed by atoms with Crippen LogP contribution in [0.3, 0.4) is 0 Å². The predicted octanol–water partition coefficient (Wildman–Crippen LogP) is 1.43. The predicted molar refractivity (Wildman–Crippen MR) is 98.7 cm³/mol. The van der Waals surface area contributed by atoms with E-state index in [1.54, 1.807) is 12.0 Å². The number of carbonyl (C=O) groups is 3. The molecular weight excluding hydrogens is 364 g/mol. The summed E-state index contributed by atoms with van der Waals surface area (Å²) in [6.07, 6.45) is 1.83. The van der Waals surface area contributed by atoms with Crippen molar-refractivity contribution in [3.05, 3.63) is 41.2 Å². The molecule has 1 N–H and O–H groups in total. The Morgan fingerprint density at radius 1 is 1.18 bits per heavy atom. The van der Waals surface area contributed by atoms with Gasteiger partial charge in [-0.2, -0.15) is 0 Å². The summed E-state index contributed by atoms with van der Waals surface area (Å²) in [5.41, 5.74) is 0.985. The Hall–Kier alpha value is -3.29. The smallest absolute Gasteiger partial charge is 0.342 e. The van der Waals surface area contributed by atoms with Crippen LogP contribution in [0.5, 0.6) is 5.75 Å². The molecule has 0 bridgehead atoms. The van der Waals surface area contributed by atoms with Gasteiger partial charge < -0.3 is 24.1 Å². The number of aromatic nitrogens is 1. The van der Waals surface area contributed by atoms with E-state index in [1.165, 1.54) is 20.4 Å². The van der Waals surface area contributed by atoms with Crippen LogP contribution in [-0.2, 0) is 35.8 Å². The summed E-state index contributed by atoms with van der Waals surface area (Å²) in [6, 6.07) is 5.61. The lowest BCUT2D eigenvalue weighted by Crippen LogP contribution is -2.57. The van der Waals surface area contributed by atoms with Gasteiger partial charge in [0.15, 0.2) is 11.3 Å². The van der Waals surface area contributed by atoms with Crippen molar-refractivity contribution in [1.82, 2.24) is 9.88 Å². The first kappa shape index (κ1) is 18.1. The molecule has 4 rings (SSSR count). The van der Waals surface area contributed by atoms with Crippen LogP contribution in [0.25, 0.3) is 10.9 Å². The first-order chi connectivity index (χ1) is 13.5. The second-order valence-electron chi connectivity index (χ2n) is 6.82. The Balaban J connectivity index is 1.95. The molecule has 1 atom stereocenters. The highest BCUT2D eigenvalue weighted by molar-refractivity contribution is 6.19. The van der Waals surface area contributed by atoms with Crippen molar-refractivity contribution in [2.24, 2.45) is 0 Å². The normalized spacial score (nSPS) is 20.9. The van der Waals surface area contributed by atoms with Gasteiger partial charge in [0, 0.05) is 23.6 Å². The number of aromatic amines is 1. The van der Waals surface area contributed by atoms with Crippen LogP contribution in [0.2, 0.25) is 0 Å². The van der Waals surface area contributed by atoms with Gasteiger partial charge in [-0.3, -0.25) is 4.79 Å². The number of benzene rings is 1. The Morgan fingerprint density at radius 3 is 2.64 bits per heavy atom. The molecule has 146 valence electrons. The molecule has 0 fully saturated rings. The molecule has 8 heteroatoms. The van der Waals surface area contributed by atoms with Crippen LogP contribution in [0.4, 0.5) is 0 Å². The van der Waals surface area contributed by atoms with E-state index in [9.17, 15) is 14.4 Å². The van der Waals surface area contributed by atoms with Gasteiger partial charge in [-0.25, -0.2) is 9.59 Å². The van der Waals surface area contributed by atoms with E-state index in [2.05, 4.69) is 4.98 Å². The van der Waals surface area contributed by atoms with E-state index in [4.69, 9.17) is 14.2 Å². The van der Waals surface area contributed by atoms with Crippen LogP contribution in [0.15, 0.2) is 30.0 Å². The molecule has 2 aromatic rings. The van der Waals surface area contributed by atoms with Crippen LogP contribution in [-0.4, -0.2) is 55.5 Å². The number of hydrogen-bond donors (Lipinski definition) is 1. The van der Waals surface area contributed by atoms with Gasteiger partial charge >= 0.3 is 11.9 Å². The van der Waals surface area contributed by atoms with Gasteiger partial charge in [0.25, 0.3) is 0 Å². The fraction of sp³-hybridized carbons (Fsp3) is 0.350. The van der Waals surface area contributed by atoms with Gasteiger partial charge in [0.05, 0.1) is 33.4 Å². The number of esters is 2. The van der Waals surface area contributed by atoms with E-state index in [1.807, 2.05) is 18.2 Å². The lowest BCUT2D eigenvalue weighted by molar-refractivity contribution is -0.159. The van der Waals surface area contributed by atoms with Crippen molar-refractivity contribution >= 4 is 28.6 Å². The number of ether oxygens (including phenoxy) is 3. The highest BCUT2D eigenvalue weighted by Crippen LogP contribution is 2.45. The van der Waals surface area contributed by atoms with Crippen molar-refractivity contribution in [3.8, 4) is 5.75 Å². The summed E-state index contributed by atoms with van der Waals surface area (Å²) in [5, 5.41) is 0.937. The molecule has 0 saturated heterocycles. The van der Waals surface area contributed by atoms with Gasteiger partial charge in [0.1, 0.15) is 11.3 Å². The second kappa shape index (κ2) is 6.40. The number of ketones is 1. The van der Waals surface area contributed by atoms with Crippen LogP contribution in [0.1, 0.15) is 17.7 Å². The van der Waals surface area contributed by atoms with Gasteiger partial charge in [-0.15, -0.1) is 0 Å². The third-order valence-corrected chi connectivity index (χ3v) is 5.55. The maximum atomic E-state index is 13.0. The molecule has 0 spiro atoms. The highest BCUT2D eigenvalue weighted by Gasteiger charge is 2.55. The zero-order valence-electron chi connectivity index (χ0n) is 15.8. The van der Waals surface area contributed by atoms with Crippen molar-refractivity contribution < 1.29 is 28.6 Å². The number of nitrogens with zero attached hydrogens (tertiary/aromatic N) is 1. The monoisotopic (exact) mass is 384 g/mol. The summed E-state index contributed by atoms with van der Waals surface area (Å²) in [5.74, 6) is -1.02. The number of hydrogen-bond acceptors (Lipinski definition) is 7. The number of nitrogens with one attached hydrogen (secondary N) is 1. The largest absolute Gasteiger partial charge is 0.497 e. The fourth-order valence-electron chi connectivity index (χ4n) is 4.19. The first-order valence-corrected chi connectivity index (χ1v) is 8.83. The summed E-state index contributed by atoms with van der Waals surface area (Å²) in [6.45, 7) is 0.444. The molecule has 0 radical (unpaired) electrons. The maximum absolute atomic E-state index is 13.0. The van der Waals surface area contributed by atoms with Crippen molar-refractivity contribution in [1.29, 1.82) is 0 Å². The molecule has 0 amide bonds. The number of H-pyrrole nitrogens is 1. The Labute approximate surface area is 161 Å². The van der Waals surface area contributed by atoms with E-state index >= 15 is 0 Å². The van der Waals surface area contributed by atoms with E-state index < -0.39 is 23.3 Å². The Bertz CT molecular complexity index is 1040. The SMILES string of the molecule is COC(=O)C1=CN2CCc3c([nH]c4ccc(OC)cc34)C2(C(=O)OC)CC1=O. The zero-order valence-corrected chi connectivity index (χ0v) is 15.8.